The highest BCUT2D eigenvalue weighted by molar-refractivity contribution is 5.97. The molecule has 0 bridgehead atoms. The molecule has 1 aromatic carbocycles. The van der Waals surface area contributed by atoms with Crippen LogP contribution < -0.4 is 14.8 Å². The maximum Gasteiger partial charge on any atom is 0.336 e. The van der Waals surface area contributed by atoms with Gasteiger partial charge in [0.25, 0.3) is 5.91 Å². The summed E-state index contributed by atoms with van der Waals surface area (Å²) >= 11 is 0. The van der Waals surface area contributed by atoms with E-state index in [0.717, 1.165) is 7.11 Å². The molecule has 0 saturated heterocycles. The van der Waals surface area contributed by atoms with Crippen molar-refractivity contribution in [2.24, 2.45) is 0 Å². The summed E-state index contributed by atoms with van der Waals surface area (Å²) in [5.74, 6) is -0.415. The fraction of sp³-hybridized carbons (Fsp3) is 0.385. The Balaban J connectivity index is 2.75. The number of rotatable bonds is 6. The molecule has 1 rings (SSSR count). The van der Waals surface area contributed by atoms with Crippen molar-refractivity contribution in [1.82, 2.24) is 5.32 Å². The van der Waals surface area contributed by atoms with Gasteiger partial charge in [-0.25, -0.2) is 4.79 Å². The number of ether oxygens (including phenoxy) is 3. The van der Waals surface area contributed by atoms with Gasteiger partial charge >= 0.3 is 5.97 Å². The molecule has 0 spiro atoms. The first-order valence-corrected chi connectivity index (χ1v) is 5.79. The zero-order valence-corrected chi connectivity index (χ0v) is 11.5. The van der Waals surface area contributed by atoms with E-state index in [1.54, 1.807) is 12.1 Å². The van der Waals surface area contributed by atoms with Gasteiger partial charge in [0.1, 0.15) is 11.5 Å². The molecule has 0 radical (unpaired) electrons. The number of benzene rings is 1. The van der Waals surface area contributed by atoms with E-state index < -0.39 is 18.0 Å². The first-order valence-electron chi connectivity index (χ1n) is 5.79. The summed E-state index contributed by atoms with van der Waals surface area (Å²) in [6.07, 6.45) is -1.41. The van der Waals surface area contributed by atoms with Crippen molar-refractivity contribution in [2.75, 3.05) is 27.9 Å². The zero-order valence-electron chi connectivity index (χ0n) is 11.5. The minimum Gasteiger partial charge on any atom is -0.497 e. The fourth-order valence-electron chi connectivity index (χ4n) is 1.49. The molecule has 0 aliphatic carbocycles. The Labute approximate surface area is 116 Å². The average Bonchev–Trinajstić information content (AvgIpc) is 2.50. The Bertz CT molecular complexity index is 488. The Kier molecular flexibility index (Phi) is 5.79. The molecule has 0 aromatic heterocycles. The molecule has 7 heteroatoms. The van der Waals surface area contributed by atoms with Gasteiger partial charge in [-0.15, -0.1) is 0 Å². The lowest BCUT2D eigenvalue weighted by Gasteiger charge is -2.12. The number of nitrogens with one attached hydrogen (secondary N) is 1. The van der Waals surface area contributed by atoms with Gasteiger partial charge in [0.15, 0.2) is 6.10 Å². The fourth-order valence-corrected chi connectivity index (χ4v) is 1.49. The monoisotopic (exact) mass is 283 g/mol. The van der Waals surface area contributed by atoms with E-state index in [1.165, 1.54) is 20.3 Å². The van der Waals surface area contributed by atoms with Crippen molar-refractivity contribution in [3.63, 3.8) is 0 Å². The van der Waals surface area contributed by atoms with Crippen molar-refractivity contribution in [1.29, 1.82) is 0 Å². The van der Waals surface area contributed by atoms with Crippen LogP contribution in [0.4, 0.5) is 0 Å². The van der Waals surface area contributed by atoms with E-state index in [9.17, 15) is 14.7 Å². The van der Waals surface area contributed by atoms with Crippen molar-refractivity contribution in [3.8, 4) is 11.5 Å². The third-order valence-electron chi connectivity index (χ3n) is 2.58. The summed E-state index contributed by atoms with van der Waals surface area (Å²) in [5, 5.41) is 11.8. The van der Waals surface area contributed by atoms with Crippen LogP contribution >= 0.6 is 0 Å². The third kappa shape index (κ3) is 3.86. The molecule has 1 unspecified atom stereocenters. The van der Waals surface area contributed by atoms with Crippen LogP contribution in [-0.2, 0) is 9.53 Å². The van der Waals surface area contributed by atoms with Crippen molar-refractivity contribution in [2.45, 2.75) is 6.10 Å². The second-order valence-electron chi connectivity index (χ2n) is 3.82. The summed E-state index contributed by atoms with van der Waals surface area (Å²) < 4.78 is 14.5. The van der Waals surface area contributed by atoms with Gasteiger partial charge in [-0.1, -0.05) is 0 Å². The van der Waals surface area contributed by atoms with Gasteiger partial charge in [0, 0.05) is 6.07 Å². The maximum atomic E-state index is 11.9. The summed E-state index contributed by atoms with van der Waals surface area (Å²) in [6.45, 7) is -0.249. The molecule has 1 aromatic rings. The molecule has 0 aliphatic heterocycles. The predicted molar refractivity (Wildman–Crippen MR) is 69.9 cm³/mol. The minimum atomic E-state index is -1.41. The largest absolute Gasteiger partial charge is 0.497 e. The first kappa shape index (κ1) is 15.8. The van der Waals surface area contributed by atoms with E-state index in [2.05, 4.69) is 10.1 Å². The topological polar surface area (TPSA) is 94.1 Å². The zero-order chi connectivity index (χ0) is 15.1. The standard InChI is InChI=1S/C13H17NO6/c1-18-8-4-5-9(11(6-8)19-2)12(16)14-7-10(15)13(17)20-3/h4-6,10,15H,7H2,1-3H3,(H,14,16). The normalized spacial score (nSPS) is 11.4. The van der Waals surface area contributed by atoms with Gasteiger partial charge in [0.05, 0.1) is 33.4 Å². The average molecular weight is 283 g/mol. The van der Waals surface area contributed by atoms with Crippen LogP contribution in [-0.4, -0.2) is 51.0 Å². The number of carbonyl (C=O) groups is 2. The first-order chi connectivity index (χ1) is 9.53. The Morgan fingerprint density at radius 3 is 2.50 bits per heavy atom. The lowest BCUT2D eigenvalue weighted by atomic mass is 10.1. The smallest absolute Gasteiger partial charge is 0.336 e. The van der Waals surface area contributed by atoms with E-state index in [0.29, 0.717) is 11.5 Å². The van der Waals surface area contributed by atoms with Gasteiger partial charge in [0.2, 0.25) is 0 Å². The second kappa shape index (κ2) is 7.34. The van der Waals surface area contributed by atoms with E-state index in [-0.39, 0.29) is 12.1 Å². The number of methoxy groups -OCH3 is 3. The summed E-state index contributed by atoms with van der Waals surface area (Å²) in [7, 11) is 4.08. The number of amides is 1. The lowest BCUT2D eigenvalue weighted by molar-refractivity contribution is -0.149. The molecule has 1 amide bonds. The van der Waals surface area contributed by atoms with Crippen LogP contribution in [0.25, 0.3) is 0 Å². The molecule has 0 aliphatic rings. The molecule has 0 heterocycles. The Morgan fingerprint density at radius 1 is 1.25 bits per heavy atom. The summed E-state index contributed by atoms with van der Waals surface area (Å²) in [6, 6.07) is 4.69. The SMILES string of the molecule is COC(=O)C(O)CNC(=O)c1ccc(OC)cc1OC. The quantitative estimate of drug-likeness (QED) is 0.712. The van der Waals surface area contributed by atoms with Crippen molar-refractivity contribution in [3.05, 3.63) is 23.8 Å². The minimum absolute atomic E-state index is 0.249. The van der Waals surface area contributed by atoms with Crippen molar-refractivity contribution >= 4 is 11.9 Å². The maximum absolute atomic E-state index is 11.9. The van der Waals surface area contributed by atoms with Gasteiger partial charge < -0.3 is 24.6 Å². The highest BCUT2D eigenvalue weighted by atomic mass is 16.5. The number of hydrogen-bond acceptors (Lipinski definition) is 6. The second-order valence-corrected chi connectivity index (χ2v) is 3.82. The van der Waals surface area contributed by atoms with Crippen LogP contribution in [0.1, 0.15) is 10.4 Å². The third-order valence-corrected chi connectivity index (χ3v) is 2.58. The lowest BCUT2D eigenvalue weighted by Crippen LogP contribution is -2.37. The number of aliphatic hydroxyl groups excluding tert-OH is 1. The van der Waals surface area contributed by atoms with Crippen LogP contribution in [0.15, 0.2) is 18.2 Å². The number of aliphatic hydroxyl groups is 1. The molecule has 20 heavy (non-hydrogen) atoms. The Hall–Kier alpha value is -2.28. The highest BCUT2D eigenvalue weighted by Gasteiger charge is 2.18. The van der Waals surface area contributed by atoms with Crippen LogP contribution in [0.2, 0.25) is 0 Å². The molecule has 0 fully saturated rings. The van der Waals surface area contributed by atoms with Crippen LogP contribution in [0.5, 0.6) is 11.5 Å². The molecule has 7 nitrogen and oxygen atoms in total. The van der Waals surface area contributed by atoms with E-state index >= 15 is 0 Å². The summed E-state index contributed by atoms with van der Waals surface area (Å²) in [4.78, 5) is 22.9. The van der Waals surface area contributed by atoms with Crippen LogP contribution in [0.3, 0.4) is 0 Å². The Morgan fingerprint density at radius 2 is 1.95 bits per heavy atom. The molecule has 110 valence electrons. The number of carbonyl (C=O) groups excluding carboxylic acids is 2. The van der Waals surface area contributed by atoms with E-state index in [1.807, 2.05) is 0 Å². The molecule has 1 atom stereocenters. The van der Waals surface area contributed by atoms with Crippen molar-refractivity contribution < 1.29 is 28.9 Å². The molecule has 2 N–H and O–H groups in total. The molecule has 0 saturated carbocycles. The highest BCUT2D eigenvalue weighted by Crippen LogP contribution is 2.24. The van der Waals surface area contributed by atoms with E-state index in [4.69, 9.17) is 9.47 Å². The van der Waals surface area contributed by atoms with Gasteiger partial charge in [-0.2, -0.15) is 0 Å². The molecular formula is C13H17NO6. The number of hydrogen-bond donors (Lipinski definition) is 2. The molecular weight excluding hydrogens is 266 g/mol. The predicted octanol–water partition coefficient (Wildman–Crippen LogP) is -0.0325. The van der Waals surface area contributed by atoms with Gasteiger partial charge in [-0.05, 0) is 12.1 Å². The van der Waals surface area contributed by atoms with Crippen LogP contribution in [0, 0.1) is 0 Å². The summed E-state index contributed by atoms with van der Waals surface area (Å²) in [5.41, 5.74) is 0.269. The number of esters is 1. The van der Waals surface area contributed by atoms with Gasteiger partial charge in [-0.3, -0.25) is 4.79 Å².